The topological polar surface area (TPSA) is 98.1 Å². The van der Waals surface area contributed by atoms with Crippen molar-refractivity contribution in [1.82, 2.24) is 20.3 Å². The van der Waals surface area contributed by atoms with Crippen LogP contribution >= 0.6 is 0 Å². The van der Waals surface area contributed by atoms with E-state index in [-0.39, 0.29) is 24.9 Å². The Morgan fingerprint density at radius 2 is 2.31 bits per heavy atom. The van der Waals surface area contributed by atoms with Gasteiger partial charge in [0, 0.05) is 7.05 Å². The fourth-order valence-electron chi connectivity index (χ4n) is 0.910. The summed E-state index contributed by atoms with van der Waals surface area (Å²) < 4.78 is 4.65. The molecule has 8 nitrogen and oxygen atoms in total. The summed E-state index contributed by atoms with van der Waals surface area (Å²) in [5.74, 6) is 0.0145. The van der Waals surface area contributed by atoms with Gasteiger partial charge < -0.3 is 10.1 Å². The first-order chi connectivity index (χ1) is 7.65. The highest BCUT2D eigenvalue weighted by Gasteiger charge is 2.07. The number of rotatable bonds is 4. The molecule has 2 amide bonds. The SMILES string of the molecule is CCOC(=O)Nc1cnn(CC(=O)NC)n1. The minimum absolute atomic E-state index is 0.000997. The Kier molecular flexibility index (Phi) is 4.25. The molecule has 0 radical (unpaired) electrons. The number of ether oxygens (including phenoxy) is 1. The molecule has 0 atom stereocenters. The molecule has 1 aromatic rings. The van der Waals surface area contributed by atoms with Crippen molar-refractivity contribution in [2.24, 2.45) is 0 Å². The van der Waals surface area contributed by atoms with E-state index in [9.17, 15) is 9.59 Å². The largest absolute Gasteiger partial charge is 0.450 e. The van der Waals surface area contributed by atoms with E-state index in [1.807, 2.05) is 0 Å². The number of nitrogens with one attached hydrogen (secondary N) is 2. The van der Waals surface area contributed by atoms with E-state index in [0.29, 0.717) is 0 Å². The maximum atomic E-state index is 11.0. The standard InChI is InChI=1S/C8H13N5O3/c1-3-16-8(15)11-6-4-10-13(12-6)5-7(14)9-2/h4H,3,5H2,1-2H3,(H,9,14)(H,11,12,15). The smallest absolute Gasteiger partial charge is 0.412 e. The van der Waals surface area contributed by atoms with Crippen molar-refractivity contribution in [3.63, 3.8) is 0 Å². The number of hydrogen-bond donors (Lipinski definition) is 2. The molecule has 0 aliphatic rings. The third-order valence-corrected chi connectivity index (χ3v) is 1.61. The van der Waals surface area contributed by atoms with Gasteiger partial charge in [0.05, 0.1) is 12.8 Å². The van der Waals surface area contributed by atoms with Crippen molar-refractivity contribution in [2.75, 3.05) is 19.0 Å². The molecule has 0 saturated heterocycles. The molecule has 0 spiro atoms. The molecule has 0 aliphatic carbocycles. The van der Waals surface area contributed by atoms with Crippen molar-refractivity contribution < 1.29 is 14.3 Å². The first kappa shape index (κ1) is 12.0. The predicted molar refractivity (Wildman–Crippen MR) is 54.7 cm³/mol. The molecule has 1 aromatic heterocycles. The van der Waals surface area contributed by atoms with Crippen LogP contribution in [0.2, 0.25) is 0 Å². The average Bonchev–Trinajstić information content (AvgIpc) is 2.65. The zero-order valence-electron chi connectivity index (χ0n) is 9.06. The van der Waals surface area contributed by atoms with Gasteiger partial charge >= 0.3 is 6.09 Å². The fourth-order valence-corrected chi connectivity index (χ4v) is 0.910. The van der Waals surface area contributed by atoms with E-state index in [1.54, 1.807) is 6.92 Å². The molecule has 0 bridgehead atoms. The second-order valence-corrected chi connectivity index (χ2v) is 2.78. The number of carbonyl (C=O) groups excluding carboxylic acids is 2. The zero-order chi connectivity index (χ0) is 12.0. The first-order valence-corrected chi connectivity index (χ1v) is 4.70. The van der Waals surface area contributed by atoms with E-state index in [4.69, 9.17) is 0 Å². The first-order valence-electron chi connectivity index (χ1n) is 4.70. The monoisotopic (exact) mass is 227 g/mol. The highest BCUT2D eigenvalue weighted by atomic mass is 16.5. The van der Waals surface area contributed by atoms with Gasteiger partial charge in [-0.3, -0.25) is 10.1 Å². The van der Waals surface area contributed by atoms with Crippen LogP contribution in [-0.4, -0.2) is 40.6 Å². The molecule has 0 saturated carbocycles. The van der Waals surface area contributed by atoms with Crippen molar-refractivity contribution in [3.05, 3.63) is 6.20 Å². The Bertz CT molecular complexity index is 376. The number of likely N-dealkylation sites (N-methyl/N-ethyl adjacent to an activating group) is 1. The van der Waals surface area contributed by atoms with E-state index in [0.717, 1.165) is 0 Å². The van der Waals surface area contributed by atoms with Crippen LogP contribution in [0.15, 0.2) is 6.20 Å². The molecule has 0 aromatic carbocycles. The summed E-state index contributed by atoms with van der Waals surface area (Å²) in [5.41, 5.74) is 0. The van der Waals surface area contributed by atoms with Gasteiger partial charge in [0.2, 0.25) is 5.91 Å². The highest BCUT2D eigenvalue weighted by Crippen LogP contribution is 1.99. The van der Waals surface area contributed by atoms with Gasteiger partial charge in [-0.25, -0.2) is 4.79 Å². The summed E-state index contributed by atoms with van der Waals surface area (Å²) in [6, 6.07) is 0. The van der Waals surface area contributed by atoms with Gasteiger partial charge in [0.1, 0.15) is 6.54 Å². The van der Waals surface area contributed by atoms with Gasteiger partial charge in [0.15, 0.2) is 5.82 Å². The van der Waals surface area contributed by atoms with Crippen LogP contribution in [0.4, 0.5) is 10.6 Å². The van der Waals surface area contributed by atoms with Crippen LogP contribution in [0.3, 0.4) is 0 Å². The van der Waals surface area contributed by atoms with Crippen molar-refractivity contribution >= 4 is 17.8 Å². The molecule has 0 unspecified atom stereocenters. The van der Waals surface area contributed by atoms with Crippen molar-refractivity contribution in [3.8, 4) is 0 Å². The summed E-state index contributed by atoms with van der Waals surface area (Å²) in [7, 11) is 1.52. The molecule has 1 rings (SSSR count). The molecular weight excluding hydrogens is 214 g/mol. The second kappa shape index (κ2) is 5.69. The number of aromatic nitrogens is 3. The van der Waals surface area contributed by atoms with Crippen LogP contribution in [0, 0.1) is 0 Å². The molecular formula is C8H13N5O3. The van der Waals surface area contributed by atoms with E-state index < -0.39 is 6.09 Å². The van der Waals surface area contributed by atoms with Crippen molar-refractivity contribution in [2.45, 2.75) is 13.5 Å². The van der Waals surface area contributed by atoms with Crippen LogP contribution < -0.4 is 10.6 Å². The van der Waals surface area contributed by atoms with E-state index >= 15 is 0 Å². The van der Waals surface area contributed by atoms with Gasteiger partial charge in [-0.15, -0.1) is 5.10 Å². The molecule has 8 heteroatoms. The second-order valence-electron chi connectivity index (χ2n) is 2.78. The average molecular weight is 227 g/mol. The number of nitrogens with zero attached hydrogens (tertiary/aromatic N) is 3. The minimum atomic E-state index is -0.602. The Hall–Kier alpha value is -2.12. The maximum absolute atomic E-state index is 11.0. The Morgan fingerprint density at radius 3 is 2.94 bits per heavy atom. The number of hydrogen-bond acceptors (Lipinski definition) is 5. The highest BCUT2D eigenvalue weighted by molar-refractivity contribution is 5.83. The summed E-state index contributed by atoms with van der Waals surface area (Å²) in [5, 5.41) is 12.4. The minimum Gasteiger partial charge on any atom is -0.450 e. The van der Waals surface area contributed by atoms with Crippen LogP contribution in [0.5, 0.6) is 0 Å². The lowest BCUT2D eigenvalue weighted by Gasteiger charge is -2.00. The van der Waals surface area contributed by atoms with Gasteiger partial charge in [-0.1, -0.05) is 0 Å². The molecule has 0 fully saturated rings. The summed E-state index contributed by atoms with van der Waals surface area (Å²) in [6.45, 7) is 1.97. The third kappa shape index (κ3) is 3.56. The fraction of sp³-hybridized carbons (Fsp3) is 0.500. The molecule has 0 aliphatic heterocycles. The summed E-state index contributed by atoms with van der Waals surface area (Å²) >= 11 is 0. The van der Waals surface area contributed by atoms with Crippen LogP contribution in [0.25, 0.3) is 0 Å². The normalized spacial score (nSPS) is 9.62. The quantitative estimate of drug-likeness (QED) is 0.728. The zero-order valence-corrected chi connectivity index (χ0v) is 9.06. The number of anilines is 1. The molecule has 16 heavy (non-hydrogen) atoms. The summed E-state index contributed by atoms with van der Waals surface area (Å²) in [6.07, 6.45) is 0.731. The van der Waals surface area contributed by atoms with E-state index in [1.165, 1.54) is 18.0 Å². The van der Waals surface area contributed by atoms with Crippen LogP contribution in [-0.2, 0) is 16.1 Å². The Balaban J connectivity index is 2.51. The lowest BCUT2D eigenvalue weighted by molar-refractivity contribution is -0.121. The van der Waals surface area contributed by atoms with Gasteiger partial charge in [-0.2, -0.15) is 9.90 Å². The maximum Gasteiger partial charge on any atom is 0.412 e. The van der Waals surface area contributed by atoms with Gasteiger partial charge in [0.25, 0.3) is 0 Å². The Labute approximate surface area is 92.0 Å². The Morgan fingerprint density at radius 1 is 1.56 bits per heavy atom. The van der Waals surface area contributed by atoms with E-state index in [2.05, 4.69) is 25.6 Å². The predicted octanol–water partition coefficient (Wildman–Crippen LogP) is -0.408. The van der Waals surface area contributed by atoms with Gasteiger partial charge in [-0.05, 0) is 6.92 Å². The lowest BCUT2D eigenvalue weighted by Crippen LogP contribution is -2.24. The number of carbonyl (C=O) groups is 2. The van der Waals surface area contributed by atoms with Crippen LogP contribution in [0.1, 0.15) is 6.92 Å². The summed E-state index contributed by atoms with van der Waals surface area (Å²) in [4.78, 5) is 23.2. The van der Waals surface area contributed by atoms with Crippen molar-refractivity contribution in [1.29, 1.82) is 0 Å². The molecule has 88 valence electrons. The molecule has 2 N–H and O–H groups in total. The number of amides is 2. The lowest BCUT2D eigenvalue weighted by atomic mass is 10.6. The molecule has 1 heterocycles. The third-order valence-electron chi connectivity index (χ3n) is 1.61.